The van der Waals surface area contributed by atoms with Gasteiger partial charge in [-0.3, -0.25) is 0 Å². The van der Waals surface area contributed by atoms with Crippen LogP contribution in [0.5, 0.6) is 0 Å². The lowest BCUT2D eigenvalue weighted by atomic mass is 10.3. The summed E-state index contributed by atoms with van der Waals surface area (Å²) in [5, 5.41) is 5.83. The van der Waals surface area contributed by atoms with E-state index in [1.807, 2.05) is 12.1 Å². The Labute approximate surface area is 130 Å². The third kappa shape index (κ3) is 3.86. The highest BCUT2D eigenvalue weighted by Crippen LogP contribution is 2.15. The Bertz CT molecular complexity index is 501. The largest absolute Gasteiger partial charge is 0.378 e. The van der Waals surface area contributed by atoms with Gasteiger partial charge in [0.1, 0.15) is 5.82 Å². The average Bonchev–Trinajstić information content (AvgIpc) is 2.94. The van der Waals surface area contributed by atoms with Crippen LogP contribution in [-0.2, 0) is 4.74 Å². The first-order valence-corrected chi connectivity index (χ1v) is 7.75. The molecule has 3 rings (SSSR count). The Hall–Kier alpha value is -1.86. The van der Waals surface area contributed by atoms with Gasteiger partial charge in [0.25, 0.3) is 0 Å². The number of carbonyl (C=O) groups is 1. The van der Waals surface area contributed by atoms with Crippen LogP contribution in [0.25, 0.3) is 0 Å². The maximum absolute atomic E-state index is 12.0. The minimum atomic E-state index is -0.166. The first kappa shape index (κ1) is 15.1. The second-order valence-electron chi connectivity index (χ2n) is 5.85. The number of amides is 2. The fourth-order valence-corrected chi connectivity index (χ4v) is 2.84. The zero-order chi connectivity index (χ0) is 15.4. The molecule has 1 atom stereocenters. The van der Waals surface area contributed by atoms with Crippen LogP contribution >= 0.6 is 0 Å². The molecule has 3 heterocycles. The van der Waals surface area contributed by atoms with Gasteiger partial charge in [0.2, 0.25) is 0 Å². The summed E-state index contributed by atoms with van der Waals surface area (Å²) in [7, 11) is 2.06. The molecule has 1 aromatic rings. The third-order valence-corrected chi connectivity index (χ3v) is 4.07. The van der Waals surface area contributed by atoms with Crippen molar-refractivity contribution in [3.63, 3.8) is 0 Å². The number of aromatic nitrogens is 1. The van der Waals surface area contributed by atoms with Crippen LogP contribution < -0.4 is 15.5 Å². The Balaban J connectivity index is 1.51. The number of nitrogens with one attached hydrogen (secondary N) is 2. The lowest BCUT2D eigenvalue weighted by Crippen LogP contribution is -2.39. The van der Waals surface area contributed by atoms with Gasteiger partial charge in [-0.25, -0.2) is 9.78 Å². The number of rotatable bonds is 3. The van der Waals surface area contributed by atoms with Crippen LogP contribution in [0.1, 0.15) is 6.42 Å². The highest BCUT2D eigenvalue weighted by Gasteiger charge is 2.21. The molecule has 7 nitrogen and oxygen atoms in total. The SMILES string of the molecule is CN1CC[C@H](NC(=O)Nc2ccc(N3CCOCC3)nc2)C1. The van der Waals surface area contributed by atoms with E-state index in [1.165, 1.54) is 0 Å². The van der Waals surface area contributed by atoms with Gasteiger partial charge in [0.15, 0.2) is 0 Å². The number of ether oxygens (including phenoxy) is 1. The average molecular weight is 305 g/mol. The maximum Gasteiger partial charge on any atom is 0.319 e. The third-order valence-electron chi connectivity index (χ3n) is 4.07. The Kier molecular flexibility index (Phi) is 4.74. The lowest BCUT2D eigenvalue weighted by molar-refractivity contribution is 0.122. The summed E-state index contributed by atoms with van der Waals surface area (Å²) >= 11 is 0. The fraction of sp³-hybridized carbons (Fsp3) is 0.600. The molecule has 0 aromatic carbocycles. The van der Waals surface area contributed by atoms with Crippen molar-refractivity contribution in [3.05, 3.63) is 18.3 Å². The lowest BCUT2D eigenvalue weighted by Gasteiger charge is -2.27. The zero-order valence-corrected chi connectivity index (χ0v) is 12.9. The summed E-state index contributed by atoms with van der Waals surface area (Å²) in [6.45, 7) is 5.12. The second-order valence-corrected chi connectivity index (χ2v) is 5.85. The molecule has 2 aliphatic rings. The Morgan fingerprint density at radius 1 is 1.32 bits per heavy atom. The molecule has 1 aromatic heterocycles. The van der Waals surface area contributed by atoms with Crippen molar-refractivity contribution in [1.29, 1.82) is 0 Å². The summed E-state index contributed by atoms with van der Waals surface area (Å²) in [4.78, 5) is 20.8. The van der Waals surface area contributed by atoms with Crippen molar-refractivity contribution in [1.82, 2.24) is 15.2 Å². The van der Waals surface area contributed by atoms with Crippen LogP contribution in [0.2, 0.25) is 0 Å². The number of hydrogen-bond donors (Lipinski definition) is 2. The van der Waals surface area contributed by atoms with Gasteiger partial charge < -0.3 is 25.2 Å². The number of likely N-dealkylation sites (N-methyl/N-ethyl adjacent to an activating group) is 1. The summed E-state index contributed by atoms with van der Waals surface area (Å²) in [6, 6.07) is 3.88. The maximum atomic E-state index is 12.0. The number of nitrogens with zero attached hydrogens (tertiary/aromatic N) is 3. The van der Waals surface area contributed by atoms with Gasteiger partial charge in [-0.1, -0.05) is 0 Å². The highest BCUT2D eigenvalue weighted by atomic mass is 16.5. The molecule has 0 bridgehead atoms. The molecule has 2 amide bonds. The van der Waals surface area contributed by atoms with Gasteiger partial charge >= 0.3 is 6.03 Å². The molecule has 0 radical (unpaired) electrons. The summed E-state index contributed by atoms with van der Waals surface area (Å²) in [6.07, 6.45) is 2.70. The van der Waals surface area contributed by atoms with Crippen molar-refractivity contribution >= 4 is 17.5 Å². The molecule has 7 heteroatoms. The van der Waals surface area contributed by atoms with Gasteiger partial charge in [0, 0.05) is 25.7 Å². The summed E-state index contributed by atoms with van der Waals surface area (Å²) < 4.78 is 5.33. The smallest absolute Gasteiger partial charge is 0.319 e. The second kappa shape index (κ2) is 6.93. The highest BCUT2D eigenvalue weighted by molar-refractivity contribution is 5.89. The number of morpholine rings is 1. The van der Waals surface area contributed by atoms with E-state index in [9.17, 15) is 4.79 Å². The van der Waals surface area contributed by atoms with E-state index in [-0.39, 0.29) is 12.1 Å². The normalized spacial score (nSPS) is 22.6. The van der Waals surface area contributed by atoms with Crippen molar-refractivity contribution in [3.8, 4) is 0 Å². The molecule has 2 saturated heterocycles. The number of urea groups is 1. The number of hydrogen-bond acceptors (Lipinski definition) is 5. The van der Waals surface area contributed by atoms with Crippen molar-refractivity contribution in [2.75, 3.05) is 56.7 Å². The molecule has 0 spiro atoms. The number of likely N-dealkylation sites (tertiary alicyclic amines) is 1. The molecule has 0 unspecified atom stereocenters. The molecular formula is C15H23N5O2. The molecule has 22 heavy (non-hydrogen) atoms. The van der Waals surface area contributed by atoms with Crippen molar-refractivity contribution in [2.45, 2.75) is 12.5 Å². The predicted molar refractivity (Wildman–Crippen MR) is 85.3 cm³/mol. The fourth-order valence-electron chi connectivity index (χ4n) is 2.84. The van der Waals surface area contributed by atoms with Gasteiger partial charge in [-0.15, -0.1) is 0 Å². The number of anilines is 2. The predicted octanol–water partition coefficient (Wildman–Crippen LogP) is 0.744. The first-order valence-electron chi connectivity index (χ1n) is 7.75. The minimum Gasteiger partial charge on any atom is -0.378 e. The topological polar surface area (TPSA) is 69.7 Å². The molecule has 2 aliphatic heterocycles. The number of carbonyl (C=O) groups excluding carboxylic acids is 1. The van der Waals surface area contributed by atoms with E-state index in [1.54, 1.807) is 6.20 Å². The number of pyridine rings is 1. The zero-order valence-electron chi connectivity index (χ0n) is 12.9. The quantitative estimate of drug-likeness (QED) is 0.862. The van der Waals surface area contributed by atoms with E-state index in [2.05, 4.69) is 32.5 Å². The molecule has 0 saturated carbocycles. The van der Waals surface area contributed by atoms with E-state index in [4.69, 9.17) is 4.74 Å². The van der Waals surface area contributed by atoms with Crippen LogP contribution in [-0.4, -0.2) is 68.4 Å². The molecular weight excluding hydrogens is 282 g/mol. The molecule has 120 valence electrons. The monoisotopic (exact) mass is 305 g/mol. The van der Waals surface area contributed by atoms with Gasteiger partial charge in [-0.05, 0) is 32.1 Å². The summed E-state index contributed by atoms with van der Waals surface area (Å²) in [5.74, 6) is 0.923. The first-order chi connectivity index (χ1) is 10.7. The van der Waals surface area contributed by atoms with Crippen molar-refractivity contribution < 1.29 is 9.53 Å². The van der Waals surface area contributed by atoms with Crippen LogP contribution in [0.15, 0.2) is 18.3 Å². The minimum absolute atomic E-state index is 0.166. The Morgan fingerprint density at radius 2 is 2.14 bits per heavy atom. The summed E-state index contributed by atoms with van der Waals surface area (Å²) in [5.41, 5.74) is 0.709. The van der Waals surface area contributed by atoms with E-state index in [0.29, 0.717) is 5.69 Å². The van der Waals surface area contributed by atoms with Crippen molar-refractivity contribution in [2.24, 2.45) is 0 Å². The standard InChI is InChI=1S/C15H23N5O2/c1-19-5-4-13(11-19)18-15(21)17-12-2-3-14(16-10-12)20-6-8-22-9-7-20/h2-3,10,13H,4-9,11H2,1H3,(H2,17,18,21)/t13-/m0/s1. The van der Waals surface area contributed by atoms with E-state index >= 15 is 0 Å². The Morgan fingerprint density at radius 3 is 2.77 bits per heavy atom. The van der Waals surface area contributed by atoms with Gasteiger partial charge in [-0.2, -0.15) is 0 Å². The van der Waals surface area contributed by atoms with Gasteiger partial charge in [0.05, 0.1) is 25.1 Å². The molecule has 0 aliphatic carbocycles. The van der Waals surface area contributed by atoms with Crippen LogP contribution in [0.3, 0.4) is 0 Å². The van der Waals surface area contributed by atoms with Crippen LogP contribution in [0.4, 0.5) is 16.3 Å². The molecule has 2 fully saturated rings. The van der Waals surface area contributed by atoms with Crippen LogP contribution in [0, 0.1) is 0 Å². The molecule has 2 N–H and O–H groups in total. The van der Waals surface area contributed by atoms with E-state index in [0.717, 1.165) is 51.6 Å². The van der Waals surface area contributed by atoms with E-state index < -0.39 is 0 Å².